The number of carbonyl (C=O) groups is 2. The molecule has 1 unspecified atom stereocenters. The Kier molecular flexibility index (Phi) is 4.90. The molecule has 1 atom stereocenters. The van der Waals surface area contributed by atoms with Gasteiger partial charge in [-0.1, -0.05) is 42.5 Å². The summed E-state index contributed by atoms with van der Waals surface area (Å²) in [5.41, 5.74) is 1.28. The van der Waals surface area contributed by atoms with E-state index in [-0.39, 0.29) is 12.5 Å². The number of rotatable bonds is 5. The van der Waals surface area contributed by atoms with E-state index in [0.717, 1.165) is 32.7 Å². The molecule has 1 saturated heterocycles. The van der Waals surface area contributed by atoms with Crippen LogP contribution in [0.2, 0.25) is 0 Å². The molecule has 0 aliphatic carbocycles. The van der Waals surface area contributed by atoms with Crippen LogP contribution in [0.5, 0.6) is 5.75 Å². The molecule has 3 amide bonds. The predicted molar refractivity (Wildman–Crippen MR) is 124 cm³/mol. The zero-order valence-corrected chi connectivity index (χ0v) is 18.5. The molecule has 1 fully saturated rings. The van der Waals surface area contributed by atoms with Gasteiger partial charge in [0.25, 0.3) is 5.91 Å². The quantitative estimate of drug-likeness (QED) is 0.444. The zero-order chi connectivity index (χ0) is 22.3. The molecule has 6 nitrogen and oxygen atoms in total. The fourth-order valence-corrected chi connectivity index (χ4v) is 4.91. The highest BCUT2D eigenvalue weighted by molar-refractivity contribution is 7.13. The Bertz CT molecular complexity index is 1330. The van der Waals surface area contributed by atoms with Crippen molar-refractivity contribution in [3.05, 3.63) is 83.4 Å². The molecule has 2 heterocycles. The van der Waals surface area contributed by atoms with Gasteiger partial charge in [-0.3, -0.25) is 9.69 Å². The number of urea groups is 1. The molecule has 0 spiro atoms. The Morgan fingerprint density at radius 3 is 2.56 bits per heavy atom. The lowest BCUT2D eigenvalue weighted by Crippen LogP contribution is -2.41. The van der Waals surface area contributed by atoms with Crippen LogP contribution in [-0.2, 0) is 16.9 Å². The second-order valence-electron chi connectivity index (χ2n) is 7.85. The van der Waals surface area contributed by atoms with Crippen molar-refractivity contribution in [1.29, 1.82) is 0 Å². The van der Waals surface area contributed by atoms with Crippen molar-refractivity contribution in [2.75, 3.05) is 7.11 Å². The van der Waals surface area contributed by atoms with Crippen LogP contribution >= 0.6 is 11.3 Å². The number of nitrogens with zero attached hydrogens (tertiary/aromatic N) is 2. The lowest BCUT2D eigenvalue weighted by Gasteiger charge is -2.24. The fraction of sp³-hybridized carbons (Fsp3) is 0.160. The molecule has 0 radical (unpaired) electrons. The first-order chi connectivity index (χ1) is 15.5. The maximum atomic E-state index is 13.4. The van der Waals surface area contributed by atoms with Crippen molar-refractivity contribution in [3.8, 4) is 16.3 Å². The molecule has 32 heavy (non-hydrogen) atoms. The van der Waals surface area contributed by atoms with Crippen molar-refractivity contribution in [1.82, 2.24) is 15.2 Å². The number of thiazole rings is 1. The minimum Gasteiger partial charge on any atom is -0.497 e. The van der Waals surface area contributed by atoms with Gasteiger partial charge in [0.2, 0.25) is 0 Å². The van der Waals surface area contributed by atoms with Gasteiger partial charge in [0.05, 0.1) is 19.3 Å². The first kappa shape index (κ1) is 20.2. The van der Waals surface area contributed by atoms with Crippen LogP contribution in [0, 0.1) is 0 Å². The van der Waals surface area contributed by atoms with Gasteiger partial charge in [-0.15, -0.1) is 11.3 Å². The first-order valence-corrected chi connectivity index (χ1v) is 11.1. The van der Waals surface area contributed by atoms with E-state index < -0.39 is 11.6 Å². The Balaban J connectivity index is 1.42. The van der Waals surface area contributed by atoms with Crippen LogP contribution in [0.15, 0.2) is 72.1 Å². The van der Waals surface area contributed by atoms with E-state index in [4.69, 9.17) is 4.74 Å². The molecule has 1 aliphatic heterocycles. The summed E-state index contributed by atoms with van der Waals surface area (Å²) < 4.78 is 5.20. The molecule has 3 aromatic carbocycles. The number of amides is 3. The number of carbonyl (C=O) groups excluding carboxylic acids is 2. The third-order valence-corrected chi connectivity index (χ3v) is 6.75. The number of nitrogens with one attached hydrogen (secondary N) is 1. The minimum absolute atomic E-state index is 0.123. The molecule has 4 aromatic rings. The fourth-order valence-electron chi connectivity index (χ4n) is 4.09. The number of imide groups is 1. The van der Waals surface area contributed by atoms with E-state index in [2.05, 4.69) is 10.3 Å². The minimum atomic E-state index is -1.13. The van der Waals surface area contributed by atoms with E-state index in [1.165, 1.54) is 16.2 Å². The smallest absolute Gasteiger partial charge is 0.325 e. The summed E-state index contributed by atoms with van der Waals surface area (Å²) in [6, 6.07) is 20.9. The third-order valence-electron chi connectivity index (χ3n) is 5.81. The summed E-state index contributed by atoms with van der Waals surface area (Å²) in [5, 5.41) is 7.59. The van der Waals surface area contributed by atoms with Crippen molar-refractivity contribution in [2.45, 2.75) is 19.0 Å². The van der Waals surface area contributed by atoms with E-state index in [0.29, 0.717) is 5.69 Å². The topological polar surface area (TPSA) is 71.5 Å². The van der Waals surface area contributed by atoms with E-state index in [1.54, 1.807) is 14.0 Å². The van der Waals surface area contributed by atoms with Crippen molar-refractivity contribution in [3.63, 3.8) is 0 Å². The zero-order valence-electron chi connectivity index (χ0n) is 17.7. The molecule has 5 rings (SSSR count). The summed E-state index contributed by atoms with van der Waals surface area (Å²) in [5.74, 6) is 0.496. The molecule has 1 aliphatic rings. The molecule has 1 N–H and O–H groups in total. The average molecular weight is 444 g/mol. The second-order valence-corrected chi connectivity index (χ2v) is 8.70. The van der Waals surface area contributed by atoms with Crippen LogP contribution in [0.4, 0.5) is 4.79 Å². The highest BCUT2D eigenvalue weighted by Crippen LogP contribution is 2.35. The number of ether oxygens (including phenoxy) is 1. The Morgan fingerprint density at radius 1 is 1.03 bits per heavy atom. The van der Waals surface area contributed by atoms with Gasteiger partial charge in [0, 0.05) is 10.9 Å². The van der Waals surface area contributed by atoms with Gasteiger partial charge in [-0.05, 0) is 47.5 Å². The number of fused-ring (bicyclic) bond motifs is 1. The molecule has 7 heteroatoms. The van der Waals surface area contributed by atoms with Crippen LogP contribution in [0.3, 0.4) is 0 Å². The van der Waals surface area contributed by atoms with Crippen LogP contribution in [0.25, 0.3) is 21.3 Å². The number of aromatic nitrogens is 1. The third kappa shape index (κ3) is 3.31. The highest BCUT2D eigenvalue weighted by Gasteiger charge is 2.49. The van der Waals surface area contributed by atoms with Crippen molar-refractivity contribution < 1.29 is 14.3 Å². The molecule has 0 saturated carbocycles. The number of hydrogen-bond donors (Lipinski definition) is 1. The van der Waals surface area contributed by atoms with Gasteiger partial charge in [0.15, 0.2) is 0 Å². The van der Waals surface area contributed by atoms with Crippen LogP contribution < -0.4 is 10.1 Å². The maximum Gasteiger partial charge on any atom is 0.325 e. The van der Waals surface area contributed by atoms with Crippen molar-refractivity contribution >= 4 is 34.0 Å². The molecular formula is C25H21N3O3S. The number of hydrogen-bond acceptors (Lipinski definition) is 5. The Labute approximate surface area is 189 Å². The SMILES string of the molecule is COc1ccc(-c2nc(CN3C(=O)NC(C)(c4cccc5ccccc45)C3=O)cs2)cc1. The average Bonchev–Trinajstić information content (AvgIpc) is 3.38. The van der Waals surface area contributed by atoms with Gasteiger partial charge < -0.3 is 10.1 Å². The van der Waals surface area contributed by atoms with Crippen LogP contribution in [0.1, 0.15) is 18.2 Å². The summed E-state index contributed by atoms with van der Waals surface area (Å²) in [6.45, 7) is 1.89. The highest BCUT2D eigenvalue weighted by atomic mass is 32.1. The summed E-state index contributed by atoms with van der Waals surface area (Å²) in [4.78, 5) is 32.1. The second kappa shape index (κ2) is 7.76. The maximum absolute atomic E-state index is 13.4. The lowest BCUT2D eigenvalue weighted by atomic mass is 9.88. The summed E-state index contributed by atoms with van der Waals surface area (Å²) >= 11 is 1.48. The van der Waals surface area contributed by atoms with Gasteiger partial charge in [0.1, 0.15) is 16.3 Å². The molecule has 160 valence electrons. The number of benzene rings is 3. The van der Waals surface area contributed by atoms with Gasteiger partial charge in [-0.25, -0.2) is 9.78 Å². The monoisotopic (exact) mass is 443 g/mol. The standard InChI is InChI=1S/C25H21N3O3S/c1-25(21-9-5-7-16-6-3-4-8-20(16)21)23(29)28(24(30)27-25)14-18-15-32-22(26-18)17-10-12-19(31-2)13-11-17/h3-13,15H,14H2,1-2H3,(H,27,30). The Hall–Kier alpha value is -3.71. The molecule has 1 aromatic heterocycles. The van der Waals surface area contributed by atoms with E-state index in [9.17, 15) is 9.59 Å². The van der Waals surface area contributed by atoms with Gasteiger partial charge in [-0.2, -0.15) is 0 Å². The van der Waals surface area contributed by atoms with Gasteiger partial charge >= 0.3 is 6.03 Å². The summed E-state index contributed by atoms with van der Waals surface area (Å²) in [6.07, 6.45) is 0. The predicted octanol–water partition coefficient (Wildman–Crippen LogP) is 4.94. The Morgan fingerprint density at radius 2 is 1.78 bits per heavy atom. The first-order valence-electron chi connectivity index (χ1n) is 10.2. The van der Waals surface area contributed by atoms with E-state index in [1.807, 2.05) is 72.1 Å². The number of methoxy groups -OCH3 is 1. The van der Waals surface area contributed by atoms with Crippen molar-refractivity contribution in [2.24, 2.45) is 0 Å². The van der Waals surface area contributed by atoms with Crippen LogP contribution in [-0.4, -0.2) is 28.9 Å². The molecular weight excluding hydrogens is 422 g/mol. The largest absolute Gasteiger partial charge is 0.497 e. The van der Waals surface area contributed by atoms with E-state index >= 15 is 0 Å². The molecule has 0 bridgehead atoms. The normalized spacial score (nSPS) is 18.2. The summed E-state index contributed by atoms with van der Waals surface area (Å²) in [7, 11) is 1.63. The lowest BCUT2D eigenvalue weighted by molar-refractivity contribution is -0.131.